The van der Waals surface area contributed by atoms with Crippen molar-refractivity contribution in [2.24, 2.45) is 0 Å². The molecule has 0 saturated carbocycles. The second-order valence-electron chi connectivity index (χ2n) is 8.14. The van der Waals surface area contributed by atoms with E-state index >= 15 is 0 Å². The molecule has 0 aliphatic heterocycles. The Labute approximate surface area is 216 Å². The van der Waals surface area contributed by atoms with Crippen molar-refractivity contribution in [1.82, 2.24) is 4.98 Å². The first kappa shape index (κ1) is 23.8. The molecule has 5 rings (SSSR count). The number of nitrogens with one attached hydrogen (secondary N) is 2. The fourth-order valence-electron chi connectivity index (χ4n) is 3.70. The highest BCUT2D eigenvalue weighted by molar-refractivity contribution is 8.00. The molecule has 180 valence electrons. The third-order valence-corrected chi connectivity index (χ3v) is 7.68. The second kappa shape index (κ2) is 10.4. The normalized spacial score (nSPS) is 11.8. The van der Waals surface area contributed by atoms with E-state index in [1.165, 1.54) is 23.1 Å². The summed E-state index contributed by atoms with van der Waals surface area (Å²) in [4.78, 5) is 30.8. The minimum Gasteiger partial charge on any atom is -0.497 e. The Hall–Kier alpha value is -3.88. The Kier molecular flexibility index (Phi) is 6.88. The first-order valence-corrected chi connectivity index (χ1v) is 13.0. The molecule has 5 aromatic rings. The lowest BCUT2D eigenvalue weighted by Crippen LogP contribution is -2.22. The van der Waals surface area contributed by atoms with Gasteiger partial charge in [0.15, 0.2) is 5.13 Å². The quantitative estimate of drug-likeness (QED) is 0.233. The van der Waals surface area contributed by atoms with Gasteiger partial charge in [-0.2, -0.15) is 0 Å². The fraction of sp³-hybridized carbons (Fsp3) is 0.107. The molecule has 0 aliphatic carbocycles. The molecule has 1 aromatic heterocycles. The summed E-state index contributed by atoms with van der Waals surface area (Å²) in [6.07, 6.45) is 0. The number of thioether (sulfide) groups is 1. The lowest BCUT2D eigenvalue weighted by atomic mass is 10.1. The number of nitrogens with zero attached hydrogens (tertiary/aromatic N) is 1. The fourth-order valence-corrected chi connectivity index (χ4v) is 5.47. The van der Waals surface area contributed by atoms with E-state index in [1.54, 1.807) is 7.11 Å². The van der Waals surface area contributed by atoms with Gasteiger partial charge in [-0.15, -0.1) is 11.8 Å². The highest BCUT2D eigenvalue weighted by atomic mass is 32.2. The van der Waals surface area contributed by atoms with Gasteiger partial charge in [0.2, 0.25) is 5.91 Å². The van der Waals surface area contributed by atoms with Gasteiger partial charge in [0.05, 0.1) is 22.6 Å². The Morgan fingerprint density at radius 3 is 2.47 bits per heavy atom. The van der Waals surface area contributed by atoms with Gasteiger partial charge in [0, 0.05) is 16.1 Å². The number of methoxy groups -OCH3 is 1. The van der Waals surface area contributed by atoms with Crippen LogP contribution >= 0.6 is 23.1 Å². The minimum atomic E-state index is -0.329. The number of benzene rings is 4. The first-order chi connectivity index (χ1) is 17.5. The van der Waals surface area contributed by atoms with Crippen molar-refractivity contribution in [3.8, 4) is 5.75 Å². The Bertz CT molecular complexity index is 1560. The molecule has 2 N–H and O–H groups in total. The lowest BCUT2D eigenvalue weighted by Gasteiger charge is -2.11. The van der Waals surface area contributed by atoms with Crippen LogP contribution in [-0.2, 0) is 4.79 Å². The van der Waals surface area contributed by atoms with Gasteiger partial charge in [-0.25, -0.2) is 4.98 Å². The molecule has 0 saturated heterocycles. The molecule has 0 radical (unpaired) electrons. The molecule has 1 heterocycles. The predicted molar refractivity (Wildman–Crippen MR) is 148 cm³/mol. The summed E-state index contributed by atoms with van der Waals surface area (Å²) in [6.45, 7) is 1.85. The molecule has 1 unspecified atom stereocenters. The van der Waals surface area contributed by atoms with Gasteiger partial charge in [-0.05, 0) is 72.3 Å². The van der Waals surface area contributed by atoms with Crippen LogP contribution in [0.25, 0.3) is 21.0 Å². The van der Waals surface area contributed by atoms with Crippen LogP contribution in [-0.4, -0.2) is 29.2 Å². The summed E-state index contributed by atoms with van der Waals surface area (Å²) in [5, 5.41) is 8.19. The number of ether oxygens (including phenoxy) is 1. The van der Waals surface area contributed by atoms with Crippen molar-refractivity contribution in [1.29, 1.82) is 0 Å². The van der Waals surface area contributed by atoms with Crippen molar-refractivity contribution in [3.63, 3.8) is 0 Å². The summed E-state index contributed by atoms with van der Waals surface area (Å²) in [5.74, 6) is 0.465. The standard InChI is InChI=1S/C28H23N3O3S2/c1-17(26(32)31-28-30-24-14-11-22(34-2)16-25(24)36-28)35-23-12-9-21(10-13-23)29-27(33)20-8-7-18-5-3-4-6-19(18)15-20/h3-17H,1-2H3,(H,29,33)(H,30,31,32). The van der Waals surface area contributed by atoms with Crippen molar-refractivity contribution in [3.05, 3.63) is 90.5 Å². The maximum absolute atomic E-state index is 12.7. The number of hydrogen-bond acceptors (Lipinski definition) is 6. The second-order valence-corrected chi connectivity index (χ2v) is 10.6. The van der Waals surface area contributed by atoms with Crippen LogP contribution in [0.2, 0.25) is 0 Å². The topological polar surface area (TPSA) is 80.3 Å². The van der Waals surface area contributed by atoms with Crippen LogP contribution in [0.5, 0.6) is 5.75 Å². The van der Waals surface area contributed by atoms with Crippen LogP contribution in [0, 0.1) is 0 Å². The van der Waals surface area contributed by atoms with Crippen molar-refractivity contribution < 1.29 is 14.3 Å². The third-order valence-electron chi connectivity index (χ3n) is 5.63. The molecule has 1 atom stereocenters. The molecule has 0 fully saturated rings. The van der Waals surface area contributed by atoms with Crippen molar-refractivity contribution in [2.75, 3.05) is 17.7 Å². The molecule has 2 amide bonds. The summed E-state index contributed by atoms with van der Waals surface area (Å²) >= 11 is 2.85. The maximum atomic E-state index is 12.7. The van der Waals surface area contributed by atoms with Crippen LogP contribution in [0.4, 0.5) is 10.8 Å². The molecular formula is C28H23N3O3S2. The average molecular weight is 514 g/mol. The Morgan fingerprint density at radius 2 is 1.69 bits per heavy atom. The molecule has 36 heavy (non-hydrogen) atoms. The van der Waals surface area contributed by atoms with Gasteiger partial charge in [0.1, 0.15) is 5.75 Å². The Morgan fingerprint density at radius 1 is 0.917 bits per heavy atom. The summed E-state index contributed by atoms with van der Waals surface area (Å²) < 4.78 is 6.20. The molecule has 0 spiro atoms. The maximum Gasteiger partial charge on any atom is 0.255 e. The monoisotopic (exact) mass is 513 g/mol. The van der Waals surface area contributed by atoms with Crippen LogP contribution in [0.1, 0.15) is 17.3 Å². The highest BCUT2D eigenvalue weighted by Gasteiger charge is 2.17. The first-order valence-electron chi connectivity index (χ1n) is 11.3. The number of anilines is 2. The number of carbonyl (C=O) groups excluding carboxylic acids is 2. The van der Waals surface area contributed by atoms with Gasteiger partial charge in [-0.1, -0.05) is 41.7 Å². The van der Waals surface area contributed by atoms with Gasteiger partial charge in [-0.3, -0.25) is 9.59 Å². The number of fused-ring (bicyclic) bond motifs is 2. The van der Waals surface area contributed by atoms with Gasteiger partial charge in [0.25, 0.3) is 5.91 Å². The van der Waals surface area contributed by atoms with Crippen LogP contribution in [0.15, 0.2) is 89.8 Å². The van der Waals surface area contributed by atoms with E-state index in [0.29, 0.717) is 16.4 Å². The van der Waals surface area contributed by atoms with E-state index < -0.39 is 0 Å². The summed E-state index contributed by atoms with van der Waals surface area (Å²) in [7, 11) is 1.62. The number of amides is 2. The lowest BCUT2D eigenvalue weighted by molar-refractivity contribution is -0.115. The summed E-state index contributed by atoms with van der Waals surface area (Å²) in [6, 6.07) is 26.7. The van der Waals surface area contributed by atoms with Gasteiger partial charge < -0.3 is 15.4 Å². The SMILES string of the molecule is COc1ccc2nc(NC(=O)C(C)Sc3ccc(NC(=O)c4ccc5ccccc5c4)cc3)sc2c1. The zero-order valence-corrected chi connectivity index (χ0v) is 21.3. The number of carbonyl (C=O) groups is 2. The van der Waals surface area contributed by atoms with Crippen molar-refractivity contribution in [2.45, 2.75) is 17.1 Å². The average Bonchev–Trinajstić information content (AvgIpc) is 3.30. The van der Waals surface area contributed by atoms with E-state index in [-0.39, 0.29) is 17.1 Å². The smallest absolute Gasteiger partial charge is 0.255 e. The zero-order chi connectivity index (χ0) is 25.1. The molecule has 8 heteroatoms. The summed E-state index contributed by atoms with van der Waals surface area (Å²) in [5.41, 5.74) is 2.11. The number of rotatable bonds is 7. The van der Waals surface area contributed by atoms with E-state index in [1.807, 2.05) is 91.9 Å². The number of aromatic nitrogens is 1. The van der Waals surface area contributed by atoms with E-state index in [4.69, 9.17) is 4.74 Å². The minimum absolute atomic E-state index is 0.125. The third kappa shape index (κ3) is 5.35. The van der Waals surface area contributed by atoms with Crippen LogP contribution < -0.4 is 15.4 Å². The molecule has 0 aliphatic rings. The number of hydrogen-bond donors (Lipinski definition) is 2. The Balaban J connectivity index is 1.18. The van der Waals surface area contributed by atoms with Crippen molar-refractivity contribution >= 4 is 66.7 Å². The molecular weight excluding hydrogens is 490 g/mol. The zero-order valence-electron chi connectivity index (χ0n) is 19.6. The molecule has 6 nitrogen and oxygen atoms in total. The largest absolute Gasteiger partial charge is 0.497 e. The van der Waals surface area contributed by atoms with E-state index in [2.05, 4.69) is 15.6 Å². The molecule has 0 bridgehead atoms. The van der Waals surface area contributed by atoms with Crippen LogP contribution in [0.3, 0.4) is 0 Å². The van der Waals surface area contributed by atoms with Gasteiger partial charge >= 0.3 is 0 Å². The van der Waals surface area contributed by atoms with E-state index in [0.717, 1.165) is 31.6 Å². The predicted octanol–water partition coefficient (Wildman–Crippen LogP) is 6.83. The highest BCUT2D eigenvalue weighted by Crippen LogP contribution is 2.31. The number of thiazole rings is 1. The molecule has 4 aromatic carbocycles. The van der Waals surface area contributed by atoms with E-state index in [9.17, 15) is 9.59 Å².